The normalized spacial score (nSPS) is 11.2. The maximum absolute atomic E-state index is 12.0. The number of H-pyrrole nitrogens is 1. The fourth-order valence-corrected chi connectivity index (χ4v) is 4.55. The van der Waals surface area contributed by atoms with Crippen molar-refractivity contribution in [2.45, 2.75) is 19.4 Å². The SMILES string of the molecule is O=C(O)c1[nH]c2c(-c3cccc(CO)c3)cccc2c1CCCOc1cccc2ccccc12. The largest absolute Gasteiger partial charge is 0.493 e. The minimum absolute atomic E-state index is 0.0448. The van der Waals surface area contributed by atoms with E-state index in [4.69, 9.17) is 4.74 Å². The number of aromatic nitrogens is 1. The minimum Gasteiger partial charge on any atom is -0.493 e. The number of aromatic carboxylic acids is 1. The van der Waals surface area contributed by atoms with E-state index in [9.17, 15) is 15.0 Å². The van der Waals surface area contributed by atoms with Crippen LogP contribution in [0.1, 0.15) is 28.0 Å². The van der Waals surface area contributed by atoms with E-state index < -0.39 is 5.97 Å². The first kappa shape index (κ1) is 21.7. The molecule has 5 nitrogen and oxygen atoms in total. The molecule has 170 valence electrons. The number of nitrogens with one attached hydrogen (secondary N) is 1. The zero-order valence-electron chi connectivity index (χ0n) is 18.6. The number of carboxylic acids is 1. The van der Waals surface area contributed by atoms with Crippen molar-refractivity contribution in [1.82, 2.24) is 4.98 Å². The first-order valence-electron chi connectivity index (χ1n) is 11.3. The number of carboxylic acid groups (broad SMARTS) is 1. The van der Waals surface area contributed by atoms with E-state index in [1.54, 1.807) is 0 Å². The fourth-order valence-electron chi connectivity index (χ4n) is 4.55. The molecule has 0 unspecified atom stereocenters. The molecule has 0 atom stereocenters. The van der Waals surface area contributed by atoms with Crippen LogP contribution in [0.15, 0.2) is 84.9 Å². The molecule has 0 fully saturated rings. The number of benzene rings is 4. The Hall–Kier alpha value is -4.09. The molecule has 0 saturated heterocycles. The van der Waals surface area contributed by atoms with E-state index in [2.05, 4.69) is 17.1 Å². The number of ether oxygens (including phenoxy) is 1. The van der Waals surface area contributed by atoms with Gasteiger partial charge in [-0.3, -0.25) is 0 Å². The summed E-state index contributed by atoms with van der Waals surface area (Å²) in [4.78, 5) is 15.2. The topological polar surface area (TPSA) is 82.5 Å². The summed E-state index contributed by atoms with van der Waals surface area (Å²) in [7, 11) is 0. The maximum Gasteiger partial charge on any atom is 0.352 e. The third kappa shape index (κ3) is 4.14. The van der Waals surface area contributed by atoms with Crippen molar-refractivity contribution in [3.05, 3.63) is 102 Å². The Balaban J connectivity index is 1.41. The lowest BCUT2D eigenvalue weighted by atomic mass is 9.98. The van der Waals surface area contributed by atoms with Gasteiger partial charge >= 0.3 is 5.97 Å². The van der Waals surface area contributed by atoms with Crippen LogP contribution in [-0.4, -0.2) is 27.8 Å². The van der Waals surface area contributed by atoms with E-state index in [0.717, 1.165) is 49.7 Å². The van der Waals surface area contributed by atoms with Gasteiger partial charge in [-0.1, -0.05) is 72.8 Å². The number of fused-ring (bicyclic) bond motifs is 2. The number of aliphatic hydroxyl groups is 1. The lowest BCUT2D eigenvalue weighted by Gasteiger charge is -2.09. The van der Waals surface area contributed by atoms with E-state index in [1.807, 2.05) is 72.8 Å². The van der Waals surface area contributed by atoms with Crippen molar-refractivity contribution in [2.75, 3.05) is 6.61 Å². The highest BCUT2D eigenvalue weighted by atomic mass is 16.5. The molecule has 0 aliphatic rings. The Morgan fingerprint density at radius 3 is 2.50 bits per heavy atom. The summed E-state index contributed by atoms with van der Waals surface area (Å²) in [6, 6.07) is 27.6. The van der Waals surface area contributed by atoms with Gasteiger partial charge in [0, 0.05) is 16.3 Å². The summed E-state index contributed by atoms with van der Waals surface area (Å²) >= 11 is 0. The highest BCUT2D eigenvalue weighted by Gasteiger charge is 2.19. The van der Waals surface area contributed by atoms with Gasteiger partial charge in [0.15, 0.2) is 0 Å². The molecular weight excluding hydrogens is 426 g/mol. The number of hydrogen-bond donors (Lipinski definition) is 3. The van der Waals surface area contributed by atoms with Gasteiger partial charge in [-0.15, -0.1) is 0 Å². The predicted octanol–water partition coefficient (Wildman–Crippen LogP) is 6.19. The van der Waals surface area contributed by atoms with Crippen molar-refractivity contribution in [3.8, 4) is 16.9 Å². The molecule has 0 amide bonds. The molecule has 0 aliphatic heterocycles. The highest BCUT2D eigenvalue weighted by molar-refractivity contribution is 6.03. The fraction of sp³-hybridized carbons (Fsp3) is 0.138. The van der Waals surface area contributed by atoms with Gasteiger partial charge in [-0.2, -0.15) is 0 Å². The van der Waals surface area contributed by atoms with Gasteiger partial charge in [0.2, 0.25) is 0 Å². The van der Waals surface area contributed by atoms with Crippen molar-refractivity contribution in [3.63, 3.8) is 0 Å². The molecule has 1 heterocycles. The molecule has 5 heteroatoms. The van der Waals surface area contributed by atoms with Crippen molar-refractivity contribution < 1.29 is 19.7 Å². The van der Waals surface area contributed by atoms with Crippen LogP contribution in [0.4, 0.5) is 0 Å². The molecule has 5 aromatic rings. The number of carbonyl (C=O) groups is 1. The molecular formula is C29H25NO4. The molecule has 3 N–H and O–H groups in total. The molecule has 34 heavy (non-hydrogen) atoms. The number of aromatic amines is 1. The molecule has 4 aromatic carbocycles. The van der Waals surface area contributed by atoms with Gasteiger partial charge in [0.05, 0.1) is 18.7 Å². The average molecular weight is 452 g/mol. The molecule has 0 saturated carbocycles. The maximum atomic E-state index is 12.0. The van der Waals surface area contributed by atoms with Gasteiger partial charge in [-0.25, -0.2) is 4.79 Å². The summed E-state index contributed by atoms with van der Waals surface area (Å²) in [5.41, 5.74) is 4.44. The summed E-state index contributed by atoms with van der Waals surface area (Å²) < 4.78 is 6.07. The monoisotopic (exact) mass is 451 g/mol. The van der Waals surface area contributed by atoms with Crippen LogP contribution in [0.3, 0.4) is 0 Å². The van der Waals surface area contributed by atoms with Gasteiger partial charge in [-0.05, 0) is 47.1 Å². The van der Waals surface area contributed by atoms with Crippen LogP contribution in [0.5, 0.6) is 5.75 Å². The quantitative estimate of drug-likeness (QED) is 0.246. The Morgan fingerprint density at radius 1 is 0.882 bits per heavy atom. The second-order valence-electron chi connectivity index (χ2n) is 8.30. The number of aryl methyl sites for hydroxylation is 1. The van der Waals surface area contributed by atoms with Gasteiger partial charge < -0.3 is 19.9 Å². The Labute approximate surface area is 197 Å². The van der Waals surface area contributed by atoms with Gasteiger partial charge in [0.25, 0.3) is 0 Å². The lowest BCUT2D eigenvalue weighted by Crippen LogP contribution is -2.04. The average Bonchev–Trinajstić information content (AvgIpc) is 3.26. The Morgan fingerprint density at radius 2 is 1.65 bits per heavy atom. The number of aliphatic hydroxyl groups excluding tert-OH is 1. The molecule has 1 aromatic heterocycles. The van der Waals surface area contributed by atoms with Crippen LogP contribution in [0.25, 0.3) is 32.8 Å². The van der Waals surface area contributed by atoms with Gasteiger partial charge in [0.1, 0.15) is 11.4 Å². The smallest absolute Gasteiger partial charge is 0.352 e. The third-order valence-corrected chi connectivity index (χ3v) is 6.15. The number of para-hydroxylation sites is 1. The number of rotatable bonds is 8. The lowest BCUT2D eigenvalue weighted by molar-refractivity contribution is 0.0690. The molecule has 0 bridgehead atoms. The zero-order chi connectivity index (χ0) is 23.5. The van der Waals surface area contributed by atoms with Crippen LogP contribution >= 0.6 is 0 Å². The van der Waals surface area contributed by atoms with E-state index in [1.165, 1.54) is 0 Å². The summed E-state index contributed by atoms with van der Waals surface area (Å²) in [5, 5.41) is 22.5. The van der Waals surface area contributed by atoms with Crippen LogP contribution in [0.2, 0.25) is 0 Å². The standard InChI is InChI=1S/C29H25NO4/c31-18-19-7-3-10-21(17-19)23-12-5-13-24-25(28(29(32)33)30-27(23)24)14-6-16-34-26-15-4-9-20-8-1-2-11-22(20)26/h1-5,7-13,15,17,30-31H,6,14,16,18H2,(H,32,33). The Bertz CT molecular complexity index is 1480. The summed E-state index contributed by atoms with van der Waals surface area (Å²) in [6.07, 6.45) is 1.26. The van der Waals surface area contributed by atoms with Crippen LogP contribution in [-0.2, 0) is 13.0 Å². The van der Waals surface area contributed by atoms with Crippen molar-refractivity contribution in [1.29, 1.82) is 0 Å². The van der Waals surface area contributed by atoms with Crippen LogP contribution in [0, 0.1) is 0 Å². The highest BCUT2D eigenvalue weighted by Crippen LogP contribution is 2.33. The predicted molar refractivity (Wildman–Crippen MR) is 134 cm³/mol. The van der Waals surface area contributed by atoms with E-state index >= 15 is 0 Å². The molecule has 0 aliphatic carbocycles. The zero-order valence-corrected chi connectivity index (χ0v) is 18.6. The summed E-state index contributed by atoms with van der Waals surface area (Å²) in [6.45, 7) is 0.439. The third-order valence-electron chi connectivity index (χ3n) is 6.15. The number of hydrogen-bond acceptors (Lipinski definition) is 3. The first-order chi connectivity index (χ1) is 16.7. The molecule has 5 rings (SSSR count). The molecule has 0 spiro atoms. The van der Waals surface area contributed by atoms with Crippen LogP contribution < -0.4 is 4.74 Å². The van der Waals surface area contributed by atoms with Crippen molar-refractivity contribution >= 4 is 27.6 Å². The van der Waals surface area contributed by atoms with E-state index in [0.29, 0.717) is 19.4 Å². The first-order valence-corrected chi connectivity index (χ1v) is 11.3. The summed E-state index contributed by atoms with van der Waals surface area (Å²) in [5.74, 6) is -0.141. The Kier molecular flexibility index (Phi) is 6.02. The van der Waals surface area contributed by atoms with Crippen molar-refractivity contribution in [2.24, 2.45) is 0 Å². The molecule has 0 radical (unpaired) electrons. The second kappa shape index (κ2) is 9.41. The minimum atomic E-state index is -0.976. The van der Waals surface area contributed by atoms with E-state index in [-0.39, 0.29) is 12.3 Å². The second-order valence-corrected chi connectivity index (χ2v) is 8.30.